The monoisotopic (exact) mass is 204 g/mol. The van der Waals surface area contributed by atoms with Crippen LogP contribution in [0.2, 0.25) is 0 Å². The standard InChI is InChI=1S/C9H20N2OS/c1-3-11-9(12)8-10-6-5-7-13-4-2/h10H,3-8H2,1-2H3,(H,11,12). The smallest absolute Gasteiger partial charge is 0.233 e. The van der Waals surface area contributed by atoms with Crippen LogP contribution in [0.25, 0.3) is 0 Å². The molecule has 0 aliphatic rings. The molecule has 0 aromatic rings. The second-order valence-corrected chi connectivity index (χ2v) is 4.07. The average molecular weight is 204 g/mol. The maximum atomic E-state index is 11.0. The Balaban J connectivity index is 3.02. The molecule has 0 saturated carbocycles. The number of rotatable bonds is 8. The summed E-state index contributed by atoms with van der Waals surface area (Å²) in [5, 5.41) is 5.84. The number of likely N-dealkylation sites (N-methyl/N-ethyl adjacent to an activating group) is 1. The minimum Gasteiger partial charge on any atom is -0.355 e. The lowest BCUT2D eigenvalue weighted by Gasteiger charge is -2.04. The first kappa shape index (κ1) is 12.8. The molecule has 0 aliphatic carbocycles. The van der Waals surface area contributed by atoms with Gasteiger partial charge in [-0.2, -0.15) is 11.8 Å². The zero-order valence-electron chi connectivity index (χ0n) is 8.56. The first-order valence-corrected chi connectivity index (χ1v) is 6.01. The Kier molecular flexibility index (Phi) is 9.70. The highest BCUT2D eigenvalue weighted by molar-refractivity contribution is 7.99. The largest absolute Gasteiger partial charge is 0.355 e. The van der Waals surface area contributed by atoms with E-state index in [-0.39, 0.29) is 5.91 Å². The zero-order valence-corrected chi connectivity index (χ0v) is 9.38. The fourth-order valence-electron chi connectivity index (χ4n) is 0.905. The van der Waals surface area contributed by atoms with Crippen molar-refractivity contribution in [3.05, 3.63) is 0 Å². The second kappa shape index (κ2) is 9.86. The molecule has 4 heteroatoms. The molecule has 13 heavy (non-hydrogen) atoms. The van der Waals surface area contributed by atoms with Gasteiger partial charge in [-0.1, -0.05) is 6.92 Å². The van der Waals surface area contributed by atoms with Gasteiger partial charge in [-0.25, -0.2) is 0 Å². The lowest BCUT2D eigenvalue weighted by Crippen LogP contribution is -2.34. The number of hydrogen-bond acceptors (Lipinski definition) is 3. The summed E-state index contributed by atoms with van der Waals surface area (Å²) in [5.74, 6) is 2.44. The van der Waals surface area contributed by atoms with E-state index in [1.807, 2.05) is 18.7 Å². The first-order chi connectivity index (χ1) is 6.31. The van der Waals surface area contributed by atoms with Gasteiger partial charge in [0.2, 0.25) is 5.91 Å². The molecule has 0 bridgehead atoms. The molecule has 0 rings (SSSR count). The van der Waals surface area contributed by atoms with Crippen molar-refractivity contribution in [1.29, 1.82) is 0 Å². The minimum atomic E-state index is 0.0886. The van der Waals surface area contributed by atoms with Crippen LogP contribution in [0.4, 0.5) is 0 Å². The van der Waals surface area contributed by atoms with Gasteiger partial charge in [0.15, 0.2) is 0 Å². The fourth-order valence-corrected chi connectivity index (χ4v) is 1.54. The van der Waals surface area contributed by atoms with Gasteiger partial charge in [-0.3, -0.25) is 4.79 Å². The Labute approximate surface area is 85.0 Å². The van der Waals surface area contributed by atoms with Gasteiger partial charge in [-0.15, -0.1) is 0 Å². The molecule has 78 valence electrons. The van der Waals surface area contributed by atoms with Gasteiger partial charge >= 0.3 is 0 Å². The van der Waals surface area contributed by atoms with Gasteiger partial charge in [0.05, 0.1) is 6.54 Å². The number of hydrogen-bond donors (Lipinski definition) is 2. The van der Waals surface area contributed by atoms with Crippen molar-refractivity contribution in [2.75, 3.05) is 31.1 Å². The van der Waals surface area contributed by atoms with Crippen LogP contribution in [0.1, 0.15) is 20.3 Å². The third kappa shape index (κ3) is 9.70. The van der Waals surface area contributed by atoms with Crippen molar-refractivity contribution in [3.8, 4) is 0 Å². The maximum Gasteiger partial charge on any atom is 0.233 e. The highest BCUT2D eigenvalue weighted by Crippen LogP contribution is 1.98. The van der Waals surface area contributed by atoms with Crippen LogP contribution in [0.3, 0.4) is 0 Å². The lowest BCUT2D eigenvalue weighted by molar-refractivity contribution is -0.120. The molecule has 0 atom stereocenters. The summed E-state index contributed by atoms with van der Waals surface area (Å²) in [7, 11) is 0. The Morgan fingerprint density at radius 3 is 2.77 bits per heavy atom. The molecule has 0 unspecified atom stereocenters. The van der Waals surface area contributed by atoms with E-state index in [2.05, 4.69) is 17.6 Å². The van der Waals surface area contributed by atoms with Gasteiger partial charge in [0.1, 0.15) is 0 Å². The summed E-state index contributed by atoms with van der Waals surface area (Å²) in [6.07, 6.45) is 1.14. The lowest BCUT2D eigenvalue weighted by atomic mass is 10.4. The fraction of sp³-hybridized carbons (Fsp3) is 0.889. The first-order valence-electron chi connectivity index (χ1n) is 4.86. The van der Waals surface area contributed by atoms with Crippen LogP contribution in [0.5, 0.6) is 0 Å². The molecular weight excluding hydrogens is 184 g/mol. The van der Waals surface area contributed by atoms with Crippen LogP contribution in [0, 0.1) is 0 Å². The molecule has 0 radical (unpaired) electrons. The summed E-state index contributed by atoms with van der Waals surface area (Å²) >= 11 is 1.94. The number of thioether (sulfide) groups is 1. The quantitative estimate of drug-likeness (QED) is 0.576. The van der Waals surface area contributed by atoms with E-state index in [0.717, 1.165) is 13.0 Å². The average Bonchev–Trinajstić information content (AvgIpc) is 2.11. The molecule has 0 saturated heterocycles. The van der Waals surface area contributed by atoms with Gasteiger partial charge < -0.3 is 10.6 Å². The highest BCUT2D eigenvalue weighted by atomic mass is 32.2. The van der Waals surface area contributed by atoms with E-state index in [9.17, 15) is 4.79 Å². The topological polar surface area (TPSA) is 41.1 Å². The minimum absolute atomic E-state index is 0.0886. The van der Waals surface area contributed by atoms with Gasteiger partial charge in [0.25, 0.3) is 0 Å². The molecule has 3 nitrogen and oxygen atoms in total. The van der Waals surface area contributed by atoms with Crippen LogP contribution in [-0.2, 0) is 4.79 Å². The molecule has 0 fully saturated rings. The Bertz CT molecular complexity index is 131. The maximum absolute atomic E-state index is 11.0. The third-order valence-corrected chi connectivity index (χ3v) is 2.49. The van der Waals surface area contributed by atoms with E-state index in [1.54, 1.807) is 0 Å². The highest BCUT2D eigenvalue weighted by Gasteiger charge is 1.96. The van der Waals surface area contributed by atoms with E-state index < -0.39 is 0 Å². The SMILES string of the molecule is CCNC(=O)CNCCCSCC. The molecule has 1 amide bonds. The number of amides is 1. The van der Waals surface area contributed by atoms with Crippen molar-refractivity contribution < 1.29 is 4.79 Å². The van der Waals surface area contributed by atoms with Crippen molar-refractivity contribution in [3.63, 3.8) is 0 Å². The van der Waals surface area contributed by atoms with Crippen molar-refractivity contribution in [1.82, 2.24) is 10.6 Å². The predicted octanol–water partition coefficient (Wildman–Crippen LogP) is 0.855. The van der Waals surface area contributed by atoms with Gasteiger partial charge in [-0.05, 0) is 31.4 Å². The molecule has 0 heterocycles. The Hall–Kier alpha value is -0.220. The number of carbonyl (C=O) groups is 1. The predicted molar refractivity (Wildman–Crippen MR) is 59.2 cm³/mol. The molecule has 0 aliphatic heterocycles. The zero-order chi connectivity index (χ0) is 9.94. The normalized spacial score (nSPS) is 10.0. The van der Waals surface area contributed by atoms with Crippen molar-refractivity contribution in [2.45, 2.75) is 20.3 Å². The third-order valence-electron chi connectivity index (χ3n) is 1.51. The molecule has 0 aromatic carbocycles. The summed E-state index contributed by atoms with van der Waals surface area (Å²) in [6, 6.07) is 0. The van der Waals surface area contributed by atoms with Crippen LogP contribution in [0.15, 0.2) is 0 Å². The van der Waals surface area contributed by atoms with E-state index in [1.165, 1.54) is 11.5 Å². The van der Waals surface area contributed by atoms with Crippen LogP contribution in [-0.4, -0.2) is 37.0 Å². The van der Waals surface area contributed by atoms with Crippen molar-refractivity contribution in [2.24, 2.45) is 0 Å². The van der Waals surface area contributed by atoms with E-state index in [4.69, 9.17) is 0 Å². The van der Waals surface area contributed by atoms with E-state index in [0.29, 0.717) is 13.1 Å². The Morgan fingerprint density at radius 2 is 2.15 bits per heavy atom. The van der Waals surface area contributed by atoms with Gasteiger partial charge in [0, 0.05) is 6.54 Å². The number of carbonyl (C=O) groups excluding carboxylic acids is 1. The molecule has 2 N–H and O–H groups in total. The summed E-state index contributed by atoms with van der Waals surface area (Å²) < 4.78 is 0. The summed E-state index contributed by atoms with van der Waals surface area (Å²) in [6.45, 7) is 6.18. The summed E-state index contributed by atoms with van der Waals surface area (Å²) in [5.41, 5.74) is 0. The van der Waals surface area contributed by atoms with E-state index >= 15 is 0 Å². The molecular formula is C9H20N2OS. The molecule has 0 spiro atoms. The van der Waals surface area contributed by atoms with Crippen molar-refractivity contribution >= 4 is 17.7 Å². The van der Waals surface area contributed by atoms with Crippen LogP contribution < -0.4 is 10.6 Å². The number of nitrogens with one attached hydrogen (secondary N) is 2. The summed E-state index contributed by atoms with van der Waals surface area (Å²) in [4.78, 5) is 11.0. The second-order valence-electron chi connectivity index (χ2n) is 2.68. The Morgan fingerprint density at radius 1 is 1.38 bits per heavy atom. The van der Waals surface area contributed by atoms with Crippen LogP contribution >= 0.6 is 11.8 Å². The molecule has 0 aromatic heterocycles.